The van der Waals surface area contributed by atoms with E-state index in [0.717, 1.165) is 31.5 Å². The van der Waals surface area contributed by atoms with Crippen LogP contribution in [0, 0.1) is 11.3 Å². The smallest absolute Gasteiger partial charge is 0.335 e. The summed E-state index contributed by atoms with van der Waals surface area (Å²) in [5.74, 6) is -0.994. The number of nitrogens with zero attached hydrogens (tertiary/aromatic N) is 2. The topological polar surface area (TPSA) is 64.3 Å². The molecule has 4 nitrogen and oxygen atoms in total. The van der Waals surface area contributed by atoms with Gasteiger partial charge < -0.3 is 10.0 Å². The van der Waals surface area contributed by atoms with E-state index in [9.17, 15) is 10.1 Å². The summed E-state index contributed by atoms with van der Waals surface area (Å²) < 4.78 is 0. The molecule has 1 aromatic carbocycles. The lowest BCUT2D eigenvalue weighted by Gasteiger charge is -2.26. The molecule has 0 aliphatic carbocycles. The molecule has 1 unspecified atom stereocenters. The lowest BCUT2D eigenvalue weighted by atomic mass is 10.1. The second-order valence-electron chi connectivity index (χ2n) is 4.55. The number of hydrogen-bond donors (Lipinski definition) is 1. The van der Waals surface area contributed by atoms with Gasteiger partial charge in [0, 0.05) is 12.6 Å². The molecule has 0 amide bonds. The Balaban J connectivity index is 2.39. The van der Waals surface area contributed by atoms with Crippen molar-refractivity contribution in [1.29, 1.82) is 5.26 Å². The largest absolute Gasteiger partial charge is 0.478 e. The normalized spacial score (nSPS) is 18.7. The molecular formula is C14H16N2O2. The molecule has 1 atom stereocenters. The first kappa shape index (κ1) is 12.4. The molecule has 1 aromatic rings. The van der Waals surface area contributed by atoms with Gasteiger partial charge in [-0.1, -0.05) is 6.92 Å². The molecule has 4 heteroatoms. The fourth-order valence-electron chi connectivity index (χ4n) is 2.59. The molecule has 94 valence electrons. The molecule has 0 saturated carbocycles. The van der Waals surface area contributed by atoms with Crippen LogP contribution in [0.4, 0.5) is 5.69 Å². The molecule has 1 aliphatic heterocycles. The molecule has 1 saturated heterocycles. The molecule has 18 heavy (non-hydrogen) atoms. The molecule has 0 bridgehead atoms. The predicted molar refractivity (Wildman–Crippen MR) is 68.8 cm³/mol. The third kappa shape index (κ3) is 2.17. The number of rotatable bonds is 3. The van der Waals surface area contributed by atoms with E-state index in [4.69, 9.17) is 5.11 Å². The Morgan fingerprint density at radius 2 is 2.39 bits per heavy atom. The number of hydrogen-bond acceptors (Lipinski definition) is 3. The van der Waals surface area contributed by atoms with Gasteiger partial charge in [-0.3, -0.25) is 0 Å². The number of nitriles is 1. The number of aromatic carboxylic acids is 1. The van der Waals surface area contributed by atoms with E-state index in [1.54, 1.807) is 12.1 Å². The number of benzene rings is 1. The number of anilines is 1. The average Bonchev–Trinajstić information content (AvgIpc) is 2.85. The van der Waals surface area contributed by atoms with Gasteiger partial charge in [-0.2, -0.15) is 5.26 Å². The highest BCUT2D eigenvalue weighted by molar-refractivity contribution is 5.89. The zero-order chi connectivity index (χ0) is 13.1. The molecule has 1 N–H and O–H groups in total. The fraction of sp³-hybridized carbons (Fsp3) is 0.429. The van der Waals surface area contributed by atoms with E-state index in [-0.39, 0.29) is 5.56 Å². The molecule has 0 spiro atoms. The van der Waals surface area contributed by atoms with Crippen LogP contribution >= 0.6 is 0 Å². The van der Waals surface area contributed by atoms with Crippen molar-refractivity contribution in [2.24, 2.45) is 0 Å². The summed E-state index contributed by atoms with van der Waals surface area (Å²) in [6.07, 6.45) is 3.32. The molecule has 1 aliphatic rings. The van der Waals surface area contributed by atoms with E-state index in [1.165, 1.54) is 6.07 Å². The van der Waals surface area contributed by atoms with Crippen molar-refractivity contribution < 1.29 is 9.90 Å². The summed E-state index contributed by atoms with van der Waals surface area (Å²) in [5, 5.41) is 18.1. The maximum atomic E-state index is 10.9. The third-order valence-electron chi connectivity index (χ3n) is 3.52. The lowest BCUT2D eigenvalue weighted by Crippen LogP contribution is -2.29. The standard InChI is InChI=1S/C14H16N2O2/c1-2-12-4-3-7-16(12)13-6-5-10(14(17)18)8-11(13)9-15/h5-6,8,12H,2-4,7H2,1H3,(H,17,18). The number of carbonyl (C=O) groups is 1. The van der Waals surface area contributed by atoms with E-state index < -0.39 is 5.97 Å². The van der Waals surface area contributed by atoms with Gasteiger partial charge in [0.2, 0.25) is 0 Å². The van der Waals surface area contributed by atoms with Crippen molar-refractivity contribution >= 4 is 11.7 Å². The Labute approximate surface area is 106 Å². The van der Waals surface area contributed by atoms with E-state index in [2.05, 4.69) is 17.9 Å². The van der Waals surface area contributed by atoms with Crippen LogP contribution in [0.15, 0.2) is 18.2 Å². The van der Waals surface area contributed by atoms with Crippen LogP contribution < -0.4 is 4.90 Å². The minimum atomic E-state index is -0.994. The van der Waals surface area contributed by atoms with Crippen molar-refractivity contribution in [3.8, 4) is 6.07 Å². The Kier molecular flexibility index (Phi) is 3.52. The van der Waals surface area contributed by atoms with Crippen molar-refractivity contribution in [3.05, 3.63) is 29.3 Å². The average molecular weight is 244 g/mol. The van der Waals surface area contributed by atoms with Crippen molar-refractivity contribution in [2.45, 2.75) is 32.2 Å². The maximum Gasteiger partial charge on any atom is 0.335 e. The second kappa shape index (κ2) is 5.09. The Morgan fingerprint density at radius 1 is 1.61 bits per heavy atom. The minimum Gasteiger partial charge on any atom is -0.478 e. The Morgan fingerprint density at radius 3 is 3.00 bits per heavy atom. The number of carboxylic acid groups (broad SMARTS) is 1. The van der Waals surface area contributed by atoms with Crippen LogP contribution in [-0.4, -0.2) is 23.7 Å². The predicted octanol–water partition coefficient (Wildman–Crippen LogP) is 2.64. The second-order valence-corrected chi connectivity index (χ2v) is 4.55. The summed E-state index contributed by atoms with van der Waals surface area (Å²) in [6, 6.07) is 7.37. The van der Waals surface area contributed by atoms with E-state index >= 15 is 0 Å². The molecule has 1 fully saturated rings. The van der Waals surface area contributed by atoms with Crippen LogP contribution in [0.2, 0.25) is 0 Å². The highest BCUT2D eigenvalue weighted by atomic mass is 16.4. The van der Waals surface area contributed by atoms with Crippen LogP contribution in [0.25, 0.3) is 0 Å². The van der Waals surface area contributed by atoms with Crippen molar-refractivity contribution in [1.82, 2.24) is 0 Å². The first-order valence-electron chi connectivity index (χ1n) is 6.21. The zero-order valence-corrected chi connectivity index (χ0v) is 10.4. The molecule has 1 heterocycles. The van der Waals surface area contributed by atoms with E-state index in [1.807, 2.05) is 0 Å². The van der Waals surface area contributed by atoms with Gasteiger partial charge in [-0.25, -0.2) is 4.79 Å². The summed E-state index contributed by atoms with van der Waals surface area (Å²) in [5.41, 5.74) is 1.49. The number of carboxylic acids is 1. The maximum absolute atomic E-state index is 10.9. The SMILES string of the molecule is CCC1CCCN1c1ccc(C(=O)O)cc1C#N. The summed E-state index contributed by atoms with van der Waals surface area (Å²) in [4.78, 5) is 13.1. The van der Waals surface area contributed by atoms with Gasteiger partial charge in [-0.15, -0.1) is 0 Å². The van der Waals surface area contributed by atoms with Crippen LogP contribution in [0.3, 0.4) is 0 Å². The van der Waals surface area contributed by atoms with Crippen molar-refractivity contribution in [3.63, 3.8) is 0 Å². The van der Waals surface area contributed by atoms with E-state index in [0.29, 0.717) is 11.6 Å². The molecule has 0 radical (unpaired) electrons. The van der Waals surface area contributed by atoms with Crippen LogP contribution in [0.5, 0.6) is 0 Å². The van der Waals surface area contributed by atoms with Crippen LogP contribution in [0.1, 0.15) is 42.1 Å². The zero-order valence-electron chi connectivity index (χ0n) is 10.4. The first-order chi connectivity index (χ1) is 8.67. The fourth-order valence-corrected chi connectivity index (χ4v) is 2.59. The van der Waals surface area contributed by atoms with Gasteiger partial charge in [0.1, 0.15) is 6.07 Å². The van der Waals surface area contributed by atoms with Gasteiger partial charge in [0.15, 0.2) is 0 Å². The molecule has 2 rings (SSSR count). The summed E-state index contributed by atoms with van der Waals surface area (Å²) in [6.45, 7) is 3.08. The van der Waals surface area contributed by atoms with Gasteiger partial charge in [0.05, 0.1) is 16.8 Å². The van der Waals surface area contributed by atoms with Gasteiger partial charge >= 0.3 is 5.97 Å². The third-order valence-corrected chi connectivity index (χ3v) is 3.52. The van der Waals surface area contributed by atoms with Crippen molar-refractivity contribution in [2.75, 3.05) is 11.4 Å². The first-order valence-corrected chi connectivity index (χ1v) is 6.21. The molecule has 0 aromatic heterocycles. The Hall–Kier alpha value is -2.02. The Bertz CT molecular complexity index is 505. The highest BCUT2D eigenvalue weighted by Crippen LogP contribution is 2.30. The monoisotopic (exact) mass is 244 g/mol. The lowest BCUT2D eigenvalue weighted by molar-refractivity contribution is 0.0697. The van der Waals surface area contributed by atoms with Crippen LogP contribution in [-0.2, 0) is 0 Å². The summed E-state index contributed by atoms with van der Waals surface area (Å²) in [7, 11) is 0. The summed E-state index contributed by atoms with van der Waals surface area (Å²) >= 11 is 0. The highest BCUT2D eigenvalue weighted by Gasteiger charge is 2.25. The minimum absolute atomic E-state index is 0.169. The molecular weight excluding hydrogens is 228 g/mol. The van der Waals surface area contributed by atoms with Gasteiger partial charge in [-0.05, 0) is 37.5 Å². The van der Waals surface area contributed by atoms with Gasteiger partial charge in [0.25, 0.3) is 0 Å². The quantitative estimate of drug-likeness (QED) is 0.887.